The van der Waals surface area contributed by atoms with Crippen molar-refractivity contribution in [2.45, 2.75) is 19.0 Å². The lowest BCUT2D eigenvalue weighted by atomic mass is 9.96. The Morgan fingerprint density at radius 2 is 1.80 bits per heavy atom. The summed E-state index contributed by atoms with van der Waals surface area (Å²) < 4.78 is 38.6. The number of aromatic nitrogens is 3. The molecule has 3 aromatic rings. The number of rotatable bonds is 4. The summed E-state index contributed by atoms with van der Waals surface area (Å²) in [5, 5.41) is 2.99. The number of anilines is 3. The monoisotopic (exact) mass is 415 g/mol. The molecule has 0 radical (unpaired) electrons. The van der Waals surface area contributed by atoms with E-state index in [0.29, 0.717) is 17.5 Å². The zero-order valence-corrected chi connectivity index (χ0v) is 16.0. The van der Waals surface area contributed by atoms with Crippen LogP contribution in [-0.2, 0) is 0 Å². The van der Waals surface area contributed by atoms with E-state index in [2.05, 4.69) is 20.3 Å². The minimum absolute atomic E-state index is 0.0172. The van der Waals surface area contributed by atoms with Gasteiger partial charge in [-0.05, 0) is 30.5 Å². The van der Waals surface area contributed by atoms with Gasteiger partial charge in [0.25, 0.3) is 5.56 Å². The van der Waals surface area contributed by atoms with Gasteiger partial charge in [0.05, 0.1) is 5.92 Å². The highest BCUT2D eigenvalue weighted by atomic mass is 19.4. The number of nitrogens with zero attached hydrogens (tertiary/aromatic N) is 3. The number of aromatic amines is 1. The molecule has 0 aliphatic carbocycles. The molecule has 2 N–H and O–H groups in total. The van der Waals surface area contributed by atoms with E-state index in [0.717, 1.165) is 11.1 Å². The molecule has 9 heteroatoms. The van der Waals surface area contributed by atoms with Gasteiger partial charge in [0.1, 0.15) is 11.5 Å². The standard InChI is InChI=1S/C21H20F3N5O/c22-21(23,24)16-7-10-29(11-8-16)20-25-9-6-18(28-20)27-17-12-15(13-26-19(17)30)14-4-2-1-3-5-14/h1-6,9,12-13,16H,7-8,10-11H2,(H,26,30)(H,25,27,28). The summed E-state index contributed by atoms with van der Waals surface area (Å²) in [5.41, 5.74) is 1.80. The Morgan fingerprint density at radius 3 is 2.50 bits per heavy atom. The first-order valence-electron chi connectivity index (χ1n) is 9.60. The van der Waals surface area contributed by atoms with Crippen LogP contribution in [0.2, 0.25) is 0 Å². The van der Waals surface area contributed by atoms with E-state index >= 15 is 0 Å². The second kappa shape index (κ2) is 8.17. The fourth-order valence-electron chi connectivity index (χ4n) is 3.49. The molecule has 2 aromatic heterocycles. The van der Waals surface area contributed by atoms with Gasteiger partial charge in [-0.15, -0.1) is 0 Å². The maximum absolute atomic E-state index is 12.9. The molecule has 1 aliphatic rings. The average Bonchev–Trinajstić information content (AvgIpc) is 2.76. The van der Waals surface area contributed by atoms with Crippen molar-refractivity contribution < 1.29 is 13.2 Å². The number of pyridine rings is 1. The maximum atomic E-state index is 12.9. The van der Waals surface area contributed by atoms with Crippen molar-refractivity contribution in [3.05, 3.63) is 65.2 Å². The summed E-state index contributed by atoms with van der Waals surface area (Å²) in [6.45, 7) is 0.468. The van der Waals surface area contributed by atoms with E-state index in [-0.39, 0.29) is 31.5 Å². The van der Waals surface area contributed by atoms with Crippen LogP contribution in [0.4, 0.5) is 30.6 Å². The van der Waals surface area contributed by atoms with Crippen LogP contribution in [-0.4, -0.2) is 34.2 Å². The number of alkyl halides is 3. The molecule has 3 heterocycles. The van der Waals surface area contributed by atoms with Gasteiger partial charge in [-0.1, -0.05) is 30.3 Å². The predicted molar refractivity (Wildman–Crippen MR) is 109 cm³/mol. The number of benzene rings is 1. The summed E-state index contributed by atoms with van der Waals surface area (Å²) in [4.78, 5) is 25.3. The third-order valence-corrected chi connectivity index (χ3v) is 5.16. The van der Waals surface area contributed by atoms with Gasteiger partial charge in [-0.25, -0.2) is 4.98 Å². The molecule has 1 saturated heterocycles. The van der Waals surface area contributed by atoms with Crippen LogP contribution in [0, 0.1) is 5.92 Å². The third-order valence-electron chi connectivity index (χ3n) is 5.16. The normalized spacial score (nSPS) is 15.2. The Balaban J connectivity index is 1.51. The second-order valence-electron chi connectivity index (χ2n) is 7.17. The number of nitrogens with one attached hydrogen (secondary N) is 2. The van der Waals surface area contributed by atoms with Gasteiger partial charge in [0.2, 0.25) is 5.95 Å². The van der Waals surface area contributed by atoms with Crippen molar-refractivity contribution in [3.8, 4) is 11.1 Å². The number of piperidine rings is 1. The summed E-state index contributed by atoms with van der Waals surface area (Å²) >= 11 is 0. The highest BCUT2D eigenvalue weighted by Gasteiger charge is 2.41. The van der Waals surface area contributed by atoms with Crippen LogP contribution in [0.15, 0.2) is 59.7 Å². The van der Waals surface area contributed by atoms with Gasteiger partial charge >= 0.3 is 6.18 Å². The largest absolute Gasteiger partial charge is 0.391 e. The van der Waals surface area contributed by atoms with Gasteiger partial charge in [0.15, 0.2) is 0 Å². The molecule has 0 spiro atoms. The molecule has 30 heavy (non-hydrogen) atoms. The molecule has 0 bridgehead atoms. The van der Waals surface area contributed by atoms with E-state index in [4.69, 9.17) is 0 Å². The number of hydrogen-bond donors (Lipinski definition) is 2. The molecule has 0 saturated carbocycles. The van der Waals surface area contributed by atoms with E-state index in [1.807, 2.05) is 30.3 Å². The molecule has 0 atom stereocenters. The summed E-state index contributed by atoms with van der Waals surface area (Å²) in [7, 11) is 0. The van der Waals surface area contributed by atoms with Gasteiger partial charge in [0, 0.05) is 31.0 Å². The van der Waals surface area contributed by atoms with Crippen molar-refractivity contribution in [1.29, 1.82) is 0 Å². The lowest BCUT2D eigenvalue weighted by Crippen LogP contribution is -2.39. The third kappa shape index (κ3) is 4.45. The van der Waals surface area contributed by atoms with Crippen LogP contribution >= 0.6 is 0 Å². The van der Waals surface area contributed by atoms with E-state index in [9.17, 15) is 18.0 Å². The smallest absolute Gasteiger partial charge is 0.341 e. The predicted octanol–water partition coefficient (Wildman–Crippen LogP) is 4.35. The summed E-state index contributed by atoms with van der Waals surface area (Å²) in [6.07, 6.45) is -0.970. The highest BCUT2D eigenvalue weighted by Crippen LogP contribution is 2.34. The van der Waals surface area contributed by atoms with Crippen molar-refractivity contribution in [2.24, 2.45) is 5.92 Å². The molecule has 4 rings (SSSR count). The lowest BCUT2D eigenvalue weighted by molar-refractivity contribution is -0.179. The van der Waals surface area contributed by atoms with Crippen molar-refractivity contribution in [3.63, 3.8) is 0 Å². The fourth-order valence-corrected chi connectivity index (χ4v) is 3.49. The second-order valence-corrected chi connectivity index (χ2v) is 7.17. The summed E-state index contributed by atoms with van der Waals surface area (Å²) in [6, 6.07) is 12.9. The average molecular weight is 415 g/mol. The van der Waals surface area contributed by atoms with Crippen molar-refractivity contribution in [2.75, 3.05) is 23.3 Å². The van der Waals surface area contributed by atoms with Crippen molar-refractivity contribution >= 4 is 17.5 Å². The van der Waals surface area contributed by atoms with Crippen LogP contribution in [0.25, 0.3) is 11.1 Å². The molecule has 156 valence electrons. The first kappa shape index (κ1) is 19.9. The van der Waals surface area contributed by atoms with Gasteiger partial charge in [-0.2, -0.15) is 18.2 Å². The topological polar surface area (TPSA) is 73.9 Å². The van der Waals surface area contributed by atoms with Crippen LogP contribution in [0.1, 0.15) is 12.8 Å². The van der Waals surface area contributed by atoms with E-state index in [1.165, 1.54) is 6.20 Å². The SMILES string of the molecule is O=c1[nH]cc(-c2ccccc2)cc1Nc1ccnc(N2CCC(C(F)(F)F)CC2)n1. The first-order valence-corrected chi connectivity index (χ1v) is 9.60. The highest BCUT2D eigenvalue weighted by molar-refractivity contribution is 5.68. The Hall–Kier alpha value is -3.36. The van der Waals surface area contributed by atoms with Crippen molar-refractivity contribution in [1.82, 2.24) is 15.0 Å². The minimum Gasteiger partial charge on any atom is -0.341 e. The molecule has 1 aromatic carbocycles. The van der Waals surface area contributed by atoms with Crippen LogP contribution < -0.4 is 15.8 Å². The minimum atomic E-state index is -4.17. The lowest BCUT2D eigenvalue weighted by Gasteiger charge is -2.32. The fraction of sp³-hybridized carbons (Fsp3) is 0.286. The molecular formula is C21H20F3N5O. The molecule has 0 amide bonds. The first-order chi connectivity index (χ1) is 14.4. The molecule has 0 unspecified atom stereocenters. The van der Waals surface area contributed by atoms with E-state index < -0.39 is 12.1 Å². The quantitative estimate of drug-likeness (QED) is 0.663. The zero-order valence-electron chi connectivity index (χ0n) is 16.0. The number of H-pyrrole nitrogens is 1. The Bertz CT molecular complexity index is 1060. The molecule has 1 fully saturated rings. The van der Waals surface area contributed by atoms with Crippen LogP contribution in [0.3, 0.4) is 0 Å². The zero-order chi connectivity index (χ0) is 21.1. The van der Waals surface area contributed by atoms with Gasteiger partial charge < -0.3 is 15.2 Å². The maximum Gasteiger partial charge on any atom is 0.391 e. The van der Waals surface area contributed by atoms with E-state index in [1.54, 1.807) is 23.2 Å². The number of hydrogen-bond acceptors (Lipinski definition) is 5. The Kier molecular flexibility index (Phi) is 5.43. The molecular weight excluding hydrogens is 395 g/mol. The number of halogens is 3. The molecule has 1 aliphatic heterocycles. The Morgan fingerprint density at radius 1 is 1.07 bits per heavy atom. The van der Waals surface area contributed by atoms with Crippen LogP contribution in [0.5, 0.6) is 0 Å². The summed E-state index contributed by atoms with van der Waals surface area (Å²) in [5.74, 6) is -0.542. The Labute approximate surface area is 170 Å². The van der Waals surface area contributed by atoms with Gasteiger partial charge in [-0.3, -0.25) is 4.79 Å². The molecule has 6 nitrogen and oxygen atoms in total.